The molecule has 1 saturated carbocycles. The molecule has 0 aromatic carbocycles. The molecule has 1 aliphatic carbocycles. The zero-order chi connectivity index (χ0) is 13.8. The van der Waals surface area contributed by atoms with Gasteiger partial charge in [0, 0.05) is 19.6 Å². The summed E-state index contributed by atoms with van der Waals surface area (Å²) in [7, 11) is 0. The molecule has 0 amide bonds. The van der Waals surface area contributed by atoms with Gasteiger partial charge in [-0.2, -0.15) is 15.0 Å². The summed E-state index contributed by atoms with van der Waals surface area (Å²) in [5.74, 6) is 2.63. The fourth-order valence-corrected chi connectivity index (χ4v) is 2.69. The molecule has 110 valence electrons. The second-order valence-electron chi connectivity index (χ2n) is 5.88. The normalized spacial score (nSPS) is 19.1. The van der Waals surface area contributed by atoms with Crippen molar-refractivity contribution in [1.82, 2.24) is 15.0 Å². The van der Waals surface area contributed by atoms with Crippen LogP contribution in [0.5, 0.6) is 0 Å². The number of hydrogen-bond acceptors (Lipinski definition) is 6. The average Bonchev–Trinajstić information content (AvgIpc) is 3.28. The van der Waals surface area contributed by atoms with Crippen molar-refractivity contribution >= 4 is 17.8 Å². The number of hydrogen-bond donors (Lipinski definition) is 2. The standard InChI is InChI=1S/C14H24N6/c15-12-17-13(16-8-4-5-11-6-7-11)19-14(18-12)20-9-2-1-3-10-20/h11H,1-10H2,(H3,15,16,17,18,19). The number of nitrogens with two attached hydrogens (primary N) is 1. The van der Waals surface area contributed by atoms with Crippen LogP contribution in [-0.2, 0) is 0 Å². The predicted molar refractivity (Wildman–Crippen MR) is 80.8 cm³/mol. The van der Waals surface area contributed by atoms with E-state index >= 15 is 0 Å². The lowest BCUT2D eigenvalue weighted by atomic mass is 10.1. The Labute approximate surface area is 120 Å². The zero-order valence-electron chi connectivity index (χ0n) is 12.0. The number of piperidine rings is 1. The summed E-state index contributed by atoms with van der Waals surface area (Å²) in [6.07, 6.45) is 9.02. The van der Waals surface area contributed by atoms with Gasteiger partial charge >= 0.3 is 0 Å². The van der Waals surface area contributed by atoms with Crippen LogP contribution in [0.25, 0.3) is 0 Å². The number of nitrogens with one attached hydrogen (secondary N) is 1. The van der Waals surface area contributed by atoms with E-state index < -0.39 is 0 Å². The number of rotatable bonds is 6. The van der Waals surface area contributed by atoms with Gasteiger partial charge in [-0.3, -0.25) is 0 Å². The van der Waals surface area contributed by atoms with Gasteiger partial charge in [-0.05, 0) is 38.0 Å². The quantitative estimate of drug-likeness (QED) is 0.774. The van der Waals surface area contributed by atoms with Gasteiger partial charge in [-0.25, -0.2) is 0 Å². The SMILES string of the molecule is Nc1nc(NCCCC2CC2)nc(N2CCCCC2)n1. The number of aromatic nitrogens is 3. The molecule has 2 aliphatic rings. The van der Waals surface area contributed by atoms with Crippen LogP contribution in [0.4, 0.5) is 17.8 Å². The fourth-order valence-electron chi connectivity index (χ4n) is 2.69. The maximum absolute atomic E-state index is 5.80. The minimum Gasteiger partial charge on any atom is -0.368 e. The summed E-state index contributed by atoms with van der Waals surface area (Å²) < 4.78 is 0. The molecule has 0 spiro atoms. The third-order valence-corrected chi connectivity index (χ3v) is 4.05. The van der Waals surface area contributed by atoms with Crippen LogP contribution >= 0.6 is 0 Å². The highest BCUT2D eigenvalue weighted by Gasteiger charge is 2.20. The molecular formula is C14H24N6. The molecule has 2 fully saturated rings. The lowest BCUT2D eigenvalue weighted by Crippen LogP contribution is -2.31. The van der Waals surface area contributed by atoms with Crippen LogP contribution in [0.15, 0.2) is 0 Å². The van der Waals surface area contributed by atoms with Gasteiger partial charge in [-0.15, -0.1) is 0 Å². The van der Waals surface area contributed by atoms with Gasteiger partial charge < -0.3 is 16.0 Å². The largest absolute Gasteiger partial charge is 0.368 e. The summed E-state index contributed by atoms with van der Waals surface area (Å²) in [5.41, 5.74) is 5.80. The lowest BCUT2D eigenvalue weighted by molar-refractivity contribution is 0.568. The first-order valence-electron chi connectivity index (χ1n) is 7.81. The Morgan fingerprint density at radius 3 is 2.65 bits per heavy atom. The molecule has 2 heterocycles. The van der Waals surface area contributed by atoms with Gasteiger partial charge in [0.2, 0.25) is 17.8 Å². The number of nitrogen functional groups attached to an aromatic ring is 1. The second-order valence-corrected chi connectivity index (χ2v) is 5.88. The van der Waals surface area contributed by atoms with Crippen molar-refractivity contribution in [1.29, 1.82) is 0 Å². The highest BCUT2D eigenvalue weighted by atomic mass is 15.3. The molecule has 6 heteroatoms. The first kappa shape index (κ1) is 13.4. The smallest absolute Gasteiger partial charge is 0.231 e. The van der Waals surface area contributed by atoms with E-state index in [-0.39, 0.29) is 0 Å². The zero-order valence-corrected chi connectivity index (χ0v) is 12.0. The van der Waals surface area contributed by atoms with Crippen LogP contribution in [0.1, 0.15) is 44.9 Å². The molecule has 1 saturated heterocycles. The van der Waals surface area contributed by atoms with Crippen LogP contribution in [-0.4, -0.2) is 34.6 Å². The van der Waals surface area contributed by atoms with E-state index in [1.54, 1.807) is 0 Å². The second kappa shape index (κ2) is 6.24. The maximum Gasteiger partial charge on any atom is 0.231 e. The monoisotopic (exact) mass is 276 g/mol. The van der Waals surface area contributed by atoms with Crippen LogP contribution < -0.4 is 16.0 Å². The van der Waals surface area contributed by atoms with Gasteiger partial charge in [-0.1, -0.05) is 12.8 Å². The molecule has 0 radical (unpaired) electrons. The van der Waals surface area contributed by atoms with Gasteiger partial charge in [0.25, 0.3) is 0 Å². The first-order valence-corrected chi connectivity index (χ1v) is 7.81. The molecule has 3 rings (SSSR count). The number of nitrogens with zero attached hydrogens (tertiary/aromatic N) is 4. The average molecular weight is 276 g/mol. The Kier molecular flexibility index (Phi) is 4.18. The van der Waals surface area contributed by atoms with Gasteiger partial charge in [0.05, 0.1) is 0 Å². The Balaban J connectivity index is 1.56. The Morgan fingerprint density at radius 1 is 1.10 bits per heavy atom. The van der Waals surface area contributed by atoms with E-state index in [9.17, 15) is 0 Å². The summed E-state index contributed by atoms with van der Waals surface area (Å²) >= 11 is 0. The summed E-state index contributed by atoms with van der Waals surface area (Å²) in [5, 5.41) is 3.28. The molecule has 1 aromatic heterocycles. The van der Waals surface area contributed by atoms with Crippen molar-refractivity contribution in [3.8, 4) is 0 Å². The van der Waals surface area contributed by atoms with Crippen LogP contribution in [0, 0.1) is 5.92 Å². The predicted octanol–water partition coefficient (Wildman–Crippen LogP) is 2.05. The first-order chi connectivity index (χ1) is 9.81. The van der Waals surface area contributed by atoms with Crippen molar-refractivity contribution in [2.24, 2.45) is 5.92 Å². The van der Waals surface area contributed by atoms with Gasteiger partial charge in [0.1, 0.15) is 0 Å². The minimum atomic E-state index is 0.310. The topological polar surface area (TPSA) is 80.0 Å². The molecule has 6 nitrogen and oxygen atoms in total. The Hall–Kier alpha value is -1.59. The molecule has 0 bridgehead atoms. The molecule has 20 heavy (non-hydrogen) atoms. The minimum absolute atomic E-state index is 0.310. The molecular weight excluding hydrogens is 252 g/mol. The van der Waals surface area contributed by atoms with Crippen molar-refractivity contribution in [3.05, 3.63) is 0 Å². The van der Waals surface area contributed by atoms with Crippen molar-refractivity contribution < 1.29 is 0 Å². The Bertz CT molecular complexity index is 439. The van der Waals surface area contributed by atoms with Crippen LogP contribution in [0.3, 0.4) is 0 Å². The van der Waals surface area contributed by atoms with E-state index in [4.69, 9.17) is 5.73 Å². The summed E-state index contributed by atoms with van der Waals surface area (Å²) in [4.78, 5) is 15.2. The van der Waals surface area contributed by atoms with E-state index in [2.05, 4.69) is 25.2 Å². The fraction of sp³-hybridized carbons (Fsp3) is 0.786. The molecule has 3 N–H and O–H groups in total. The van der Waals surface area contributed by atoms with E-state index in [0.717, 1.165) is 31.5 Å². The van der Waals surface area contributed by atoms with Gasteiger partial charge in [0.15, 0.2) is 0 Å². The van der Waals surface area contributed by atoms with Crippen LogP contribution in [0.2, 0.25) is 0 Å². The van der Waals surface area contributed by atoms with Crippen molar-refractivity contribution in [3.63, 3.8) is 0 Å². The third kappa shape index (κ3) is 3.71. The highest BCUT2D eigenvalue weighted by Crippen LogP contribution is 2.33. The third-order valence-electron chi connectivity index (χ3n) is 4.05. The summed E-state index contributed by atoms with van der Waals surface area (Å²) in [6.45, 7) is 2.95. The van der Waals surface area contributed by atoms with E-state index in [0.29, 0.717) is 11.9 Å². The van der Waals surface area contributed by atoms with E-state index in [1.165, 1.54) is 44.9 Å². The maximum atomic E-state index is 5.80. The van der Waals surface area contributed by atoms with Crippen molar-refractivity contribution in [2.75, 3.05) is 35.6 Å². The highest BCUT2D eigenvalue weighted by molar-refractivity contribution is 5.42. The molecule has 0 atom stereocenters. The molecule has 1 aromatic rings. The molecule has 0 unspecified atom stereocenters. The number of anilines is 3. The Morgan fingerprint density at radius 2 is 1.90 bits per heavy atom. The summed E-state index contributed by atoms with van der Waals surface area (Å²) in [6, 6.07) is 0. The lowest BCUT2D eigenvalue weighted by Gasteiger charge is -2.26. The van der Waals surface area contributed by atoms with Crippen molar-refractivity contribution in [2.45, 2.75) is 44.9 Å². The van der Waals surface area contributed by atoms with E-state index in [1.807, 2.05) is 0 Å². The molecule has 1 aliphatic heterocycles.